The summed E-state index contributed by atoms with van der Waals surface area (Å²) in [5, 5.41) is 0. The molecule has 1 unspecified atom stereocenters. The van der Waals surface area contributed by atoms with Crippen LogP contribution in [-0.2, 0) is 4.74 Å². The molecule has 1 fully saturated rings. The van der Waals surface area contributed by atoms with E-state index in [2.05, 4.69) is 13.8 Å². The van der Waals surface area contributed by atoms with E-state index in [4.69, 9.17) is 10.5 Å². The Morgan fingerprint density at radius 1 is 1.46 bits per heavy atom. The maximum Gasteiger partial charge on any atom is 0.0637 e. The largest absolute Gasteiger partial charge is 0.379 e. The Labute approximate surface area is 81.8 Å². The average Bonchev–Trinajstić information content (AvgIpc) is 1.96. The molecule has 0 aliphatic heterocycles. The molecule has 78 valence electrons. The number of methoxy groups -OCH3 is 1. The Bertz CT molecular complexity index is 152. The van der Waals surface area contributed by atoms with Gasteiger partial charge in [-0.25, -0.2) is 0 Å². The van der Waals surface area contributed by atoms with Gasteiger partial charge in [-0.1, -0.05) is 19.3 Å². The van der Waals surface area contributed by atoms with Crippen molar-refractivity contribution in [2.75, 3.05) is 7.11 Å². The predicted molar refractivity (Wildman–Crippen MR) is 55.6 cm³/mol. The van der Waals surface area contributed by atoms with Crippen LogP contribution in [0.4, 0.5) is 0 Å². The molecular formula is C11H23NO. The molecule has 1 aliphatic carbocycles. The van der Waals surface area contributed by atoms with Crippen LogP contribution in [0.3, 0.4) is 0 Å². The average molecular weight is 185 g/mol. The molecular weight excluding hydrogens is 162 g/mol. The molecule has 1 saturated carbocycles. The van der Waals surface area contributed by atoms with E-state index >= 15 is 0 Å². The van der Waals surface area contributed by atoms with Crippen molar-refractivity contribution in [3.05, 3.63) is 0 Å². The van der Waals surface area contributed by atoms with E-state index < -0.39 is 0 Å². The van der Waals surface area contributed by atoms with Crippen molar-refractivity contribution >= 4 is 0 Å². The van der Waals surface area contributed by atoms with Crippen molar-refractivity contribution < 1.29 is 4.74 Å². The Balaban J connectivity index is 2.19. The summed E-state index contributed by atoms with van der Waals surface area (Å²) in [6.45, 7) is 4.21. The second-order valence-corrected chi connectivity index (χ2v) is 4.96. The molecule has 2 N–H and O–H groups in total. The molecule has 0 saturated heterocycles. The Morgan fingerprint density at radius 3 is 2.46 bits per heavy atom. The van der Waals surface area contributed by atoms with E-state index in [1.807, 2.05) is 0 Å². The normalized spacial score (nSPS) is 21.2. The molecule has 1 rings (SSSR count). The van der Waals surface area contributed by atoms with Gasteiger partial charge in [0.25, 0.3) is 0 Å². The third kappa shape index (κ3) is 3.65. The molecule has 0 spiro atoms. The van der Waals surface area contributed by atoms with Crippen LogP contribution < -0.4 is 5.73 Å². The highest BCUT2D eigenvalue weighted by Crippen LogP contribution is 2.31. The summed E-state index contributed by atoms with van der Waals surface area (Å²) in [7, 11) is 1.76. The van der Waals surface area contributed by atoms with E-state index in [-0.39, 0.29) is 5.60 Å². The highest BCUT2D eigenvalue weighted by atomic mass is 16.5. The minimum absolute atomic E-state index is 0.0524. The van der Waals surface area contributed by atoms with Gasteiger partial charge in [0.15, 0.2) is 0 Å². The first-order valence-electron chi connectivity index (χ1n) is 5.34. The summed E-state index contributed by atoms with van der Waals surface area (Å²) in [5.41, 5.74) is 6.01. The van der Waals surface area contributed by atoms with Crippen LogP contribution in [0.2, 0.25) is 0 Å². The molecule has 1 atom stereocenters. The van der Waals surface area contributed by atoms with Crippen molar-refractivity contribution in [2.24, 2.45) is 11.7 Å². The van der Waals surface area contributed by atoms with Crippen molar-refractivity contribution in [3.63, 3.8) is 0 Å². The molecule has 0 aromatic heterocycles. The van der Waals surface area contributed by atoms with Gasteiger partial charge in [-0.2, -0.15) is 0 Å². The smallest absolute Gasteiger partial charge is 0.0637 e. The van der Waals surface area contributed by atoms with Gasteiger partial charge in [0.1, 0.15) is 0 Å². The fraction of sp³-hybridized carbons (Fsp3) is 1.00. The second-order valence-electron chi connectivity index (χ2n) is 4.96. The quantitative estimate of drug-likeness (QED) is 0.713. The highest BCUT2D eigenvalue weighted by Gasteiger charge is 2.25. The topological polar surface area (TPSA) is 35.2 Å². The van der Waals surface area contributed by atoms with Crippen molar-refractivity contribution in [1.82, 2.24) is 0 Å². The number of nitrogens with two attached hydrogens (primary N) is 1. The van der Waals surface area contributed by atoms with Gasteiger partial charge in [0, 0.05) is 13.2 Å². The Hall–Kier alpha value is -0.0800. The molecule has 2 heteroatoms. The maximum atomic E-state index is 6.07. The van der Waals surface area contributed by atoms with E-state index in [1.165, 1.54) is 25.7 Å². The summed E-state index contributed by atoms with van der Waals surface area (Å²) in [6.07, 6.45) is 6.35. The minimum Gasteiger partial charge on any atom is -0.379 e. The van der Waals surface area contributed by atoms with Crippen LogP contribution >= 0.6 is 0 Å². The maximum absolute atomic E-state index is 6.07. The standard InChI is InChI=1S/C11H23NO/c1-11(2,13-3)8-10(12)7-9-5-4-6-9/h9-10H,4-8,12H2,1-3H3. The molecule has 0 amide bonds. The van der Waals surface area contributed by atoms with Crippen LogP contribution in [0.15, 0.2) is 0 Å². The highest BCUT2D eigenvalue weighted by molar-refractivity contribution is 4.80. The van der Waals surface area contributed by atoms with Gasteiger partial charge in [-0.05, 0) is 32.6 Å². The SMILES string of the molecule is COC(C)(C)CC(N)CC1CCC1. The molecule has 0 aromatic carbocycles. The zero-order valence-electron chi connectivity index (χ0n) is 9.18. The van der Waals surface area contributed by atoms with Crippen LogP contribution in [0.25, 0.3) is 0 Å². The fourth-order valence-electron chi connectivity index (χ4n) is 1.95. The lowest BCUT2D eigenvalue weighted by molar-refractivity contribution is 0.00740. The first-order valence-corrected chi connectivity index (χ1v) is 5.34. The molecule has 0 bridgehead atoms. The van der Waals surface area contributed by atoms with Crippen LogP contribution in [0, 0.1) is 5.92 Å². The van der Waals surface area contributed by atoms with E-state index in [9.17, 15) is 0 Å². The fourth-order valence-corrected chi connectivity index (χ4v) is 1.95. The lowest BCUT2D eigenvalue weighted by Gasteiger charge is -2.32. The third-order valence-corrected chi connectivity index (χ3v) is 3.17. The van der Waals surface area contributed by atoms with Gasteiger partial charge in [0.05, 0.1) is 5.60 Å². The Kier molecular flexibility index (Phi) is 3.74. The summed E-state index contributed by atoms with van der Waals surface area (Å²) in [5.74, 6) is 0.905. The summed E-state index contributed by atoms with van der Waals surface area (Å²) >= 11 is 0. The molecule has 0 radical (unpaired) electrons. The molecule has 0 aromatic rings. The summed E-state index contributed by atoms with van der Waals surface area (Å²) in [4.78, 5) is 0. The Morgan fingerprint density at radius 2 is 2.08 bits per heavy atom. The van der Waals surface area contributed by atoms with Gasteiger partial charge >= 0.3 is 0 Å². The predicted octanol–water partition coefficient (Wildman–Crippen LogP) is 2.32. The molecule has 13 heavy (non-hydrogen) atoms. The molecule has 1 aliphatic rings. The minimum atomic E-state index is -0.0524. The van der Waals surface area contributed by atoms with Gasteiger partial charge in [0.2, 0.25) is 0 Å². The lowest BCUT2D eigenvalue weighted by atomic mass is 9.79. The van der Waals surface area contributed by atoms with E-state index in [0.717, 1.165) is 12.3 Å². The van der Waals surface area contributed by atoms with Gasteiger partial charge < -0.3 is 10.5 Å². The molecule has 2 nitrogen and oxygen atoms in total. The van der Waals surface area contributed by atoms with E-state index in [0.29, 0.717) is 6.04 Å². The zero-order chi connectivity index (χ0) is 9.90. The first kappa shape index (κ1) is 11.0. The zero-order valence-corrected chi connectivity index (χ0v) is 9.18. The summed E-state index contributed by atoms with van der Waals surface area (Å²) < 4.78 is 5.36. The molecule has 0 heterocycles. The van der Waals surface area contributed by atoms with Crippen LogP contribution in [-0.4, -0.2) is 18.8 Å². The van der Waals surface area contributed by atoms with Crippen LogP contribution in [0.1, 0.15) is 46.0 Å². The van der Waals surface area contributed by atoms with Crippen LogP contribution in [0.5, 0.6) is 0 Å². The second kappa shape index (κ2) is 4.43. The van der Waals surface area contributed by atoms with Gasteiger partial charge in [-0.3, -0.25) is 0 Å². The van der Waals surface area contributed by atoms with Crippen molar-refractivity contribution in [2.45, 2.75) is 57.6 Å². The summed E-state index contributed by atoms with van der Waals surface area (Å²) in [6, 6.07) is 0.320. The number of rotatable bonds is 5. The monoisotopic (exact) mass is 185 g/mol. The first-order chi connectivity index (χ1) is 6.03. The lowest BCUT2D eigenvalue weighted by Crippen LogP contribution is -2.35. The number of ether oxygens (including phenoxy) is 1. The number of hydrogen-bond donors (Lipinski definition) is 1. The van der Waals surface area contributed by atoms with Gasteiger partial charge in [-0.15, -0.1) is 0 Å². The van der Waals surface area contributed by atoms with Crippen molar-refractivity contribution in [3.8, 4) is 0 Å². The van der Waals surface area contributed by atoms with Crippen molar-refractivity contribution in [1.29, 1.82) is 0 Å². The van der Waals surface area contributed by atoms with E-state index in [1.54, 1.807) is 7.11 Å². The number of hydrogen-bond acceptors (Lipinski definition) is 2. The third-order valence-electron chi connectivity index (χ3n) is 3.17.